The molecule has 0 atom stereocenters. The Bertz CT molecular complexity index is 1380. The number of hydrogen-bond donors (Lipinski definition) is 3. The number of aromatic hydroxyl groups is 1. The van der Waals surface area contributed by atoms with Gasteiger partial charge in [-0.2, -0.15) is 0 Å². The molecular formula is C34H48N4O4S. The van der Waals surface area contributed by atoms with Crippen molar-refractivity contribution in [2.45, 2.75) is 90.0 Å². The van der Waals surface area contributed by atoms with E-state index in [0.717, 1.165) is 56.3 Å². The first kappa shape index (κ1) is 31.6. The van der Waals surface area contributed by atoms with Gasteiger partial charge in [0.15, 0.2) is 0 Å². The van der Waals surface area contributed by atoms with Gasteiger partial charge >= 0.3 is 0 Å². The summed E-state index contributed by atoms with van der Waals surface area (Å²) in [6.07, 6.45) is 6.92. The summed E-state index contributed by atoms with van der Waals surface area (Å²) < 4.78 is 0.0658. The van der Waals surface area contributed by atoms with E-state index in [-0.39, 0.29) is 39.7 Å². The van der Waals surface area contributed by atoms with Gasteiger partial charge in [0.2, 0.25) is 5.91 Å². The number of phenols is 1. The highest BCUT2D eigenvalue weighted by atomic mass is 32.2. The maximum Gasteiger partial charge on any atom is 0.253 e. The van der Waals surface area contributed by atoms with Crippen molar-refractivity contribution in [3.05, 3.63) is 35.4 Å². The SMILES string of the molecule is CC(C)(C)Cc1c(SC(C)(C)C)[nH]c2c(CN3CC(CNC(=O)C4CCC(CN5C(=O)C=CC5=O)CC4)C3)c(O)ccc12. The molecule has 3 heterocycles. The van der Waals surface area contributed by atoms with Gasteiger partial charge in [0.05, 0.1) is 10.5 Å². The number of aromatic amines is 1. The van der Waals surface area contributed by atoms with Crippen LogP contribution in [-0.2, 0) is 27.3 Å². The molecule has 2 aliphatic heterocycles. The predicted octanol–water partition coefficient (Wildman–Crippen LogP) is 5.63. The molecule has 0 bridgehead atoms. The molecule has 3 amide bonds. The number of aromatic nitrogens is 1. The number of fused-ring (bicyclic) bond motifs is 1. The maximum atomic E-state index is 12.9. The third kappa shape index (κ3) is 7.66. The lowest BCUT2D eigenvalue weighted by molar-refractivity contribution is -0.138. The van der Waals surface area contributed by atoms with Crippen molar-refractivity contribution in [3.8, 4) is 5.75 Å². The second-order valence-corrected chi connectivity index (χ2v) is 16.9. The van der Waals surface area contributed by atoms with Crippen molar-refractivity contribution in [1.82, 2.24) is 20.1 Å². The first-order chi connectivity index (χ1) is 20.2. The fraction of sp³-hybridized carbons (Fsp3) is 0.618. The van der Waals surface area contributed by atoms with Crippen molar-refractivity contribution < 1.29 is 19.5 Å². The van der Waals surface area contributed by atoms with Gasteiger partial charge in [-0.3, -0.25) is 24.2 Å². The minimum atomic E-state index is -0.228. The molecule has 1 aliphatic carbocycles. The molecule has 1 saturated carbocycles. The molecule has 0 unspecified atom stereocenters. The molecule has 1 aromatic carbocycles. The second kappa shape index (κ2) is 12.3. The van der Waals surface area contributed by atoms with E-state index >= 15 is 0 Å². The number of carbonyl (C=O) groups is 3. The second-order valence-electron chi connectivity index (χ2n) is 15.0. The minimum Gasteiger partial charge on any atom is -0.508 e. The molecule has 0 radical (unpaired) electrons. The van der Waals surface area contributed by atoms with Crippen LogP contribution in [0.25, 0.3) is 10.9 Å². The van der Waals surface area contributed by atoms with E-state index in [1.165, 1.54) is 33.0 Å². The first-order valence-corrected chi connectivity index (χ1v) is 16.6. The van der Waals surface area contributed by atoms with Crippen LogP contribution in [0.15, 0.2) is 29.3 Å². The molecule has 3 aliphatic rings. The number of nitrogens with zero attached hydrogens (tertiary/aromatic N) is 2. The van der Waals surface area contributed by atoms with Crippen LogP contribution in [0.5, 0.6) is 5.75 Å². The van der Waals surface area contributed by atoms with Gasteiger partial charge in [-0.1, -0.05) is 41.5 Å². The van der Waals surface area contributed by atoms with Crippen LogP contribution in [0.2, 0.25) is 0 Å². The lowest BCUT2D eigenvalue weighted by Gasteiger charge is -2.40. The number of carbonyl (C=O) groups excluding carboxylic acids is 3. The third-order valence-electron chi connectivity index (χ3n) is 8.78. The summed E-state index contributed by atoms with van der Waals surface area (Å²) in [5.41, 5.74) is 3.45. The number of imide groups is 1. The van der Waals surface area contributed by atoms with Gasteiger partial charge in [0.25, 0.3) is 11.8 Å². The zero-order valence-electron chi connectivity index (χ0n) is 26.6. The Labute approximate surface area is 260 Å². The van der Waals surface area contributed by atoms with E-state index in [9.17, 15) is 19.5 Å². The van der Waals surface area contributed by atoms with Crippen LogP contribution < -0.4 is 5.32 Å². The molecule has 5 rings (SSSR count). The number of hydrogen-bond acceptors (Lipinski definition) is 6. The standard InChI is InChI=1S/C34H48N4O4S/c1-33(2,3)15-25-24-11-12-27(39)26(30(24)36-32(25)43-34(4,5)6)20-37-17-22(18-37)16-35-31(42)23-9-7-21(8-10-23)19-38-28(40)13-14-29(38)41/h11-14,21-23,36,39H,7-10,15-20H2,1-6H3,(H,35,42). The number of phenolic OH excluding ortho intramolecular Hbond substituents is 1. The van der Waals surface area contributed by atoms with E-state index < -0.39 is 0 Å². The fourth-order valence-corrected chi connectivity index (χ4v) is 7.70. The molecule has 1 aromatic heterocycles. The highest BCUT2D eigenvalue weighted by molar-refractivity contribution is 8.00. The van der Waals surface area contributed by atoms with Crippen LogP contribution >= 0.6 is 11.8 Å². The Kier molecular flexibility index (Phi) is 9.06. The highest BCUT2D eigenvalue weighted by Gasteiger charge is 2.33. The summed E-state index contributed by atoms with van der Waals surface area (Å²) in [6, 6.07) is 3.90. The smallest absolute Gasteiger partial charge is 0.253 e. The number of thioether (sulfide) groups is 1. The van der Waals surface area contributed by atoms with Crippen LogP contribution in [-0.4, -0.2) is 68.5 Å². The van der Waals surface area contributed by atoms with E-state index in [4.69, 9.17) is 0 Å². The van der Waals surface area contributed by atoms with Crippen molar-refractivity contribution in [3.63, 3.8) is 0 Å². The van der Waals surface area contributed by atoms with E-state index in [2.05, 4.69) is 62.8 Å². The Hall–Kier alpha value is -2.78. The minimum absolute atomic E-state index is 0.000390. The molecule has 2 aromatic rings. The van der Waals surface area contributed by atoms with Gasteiger partial charge in [-0.25, -0.2) is 0 Å². The molecule has 3 N–H and O–H groups in total. The van der Waals surface area contributed by atoms with Crippen LogP contribution in [0.1, 0.15) is 78.4 Å². The number of nitrogens with one attached hydrogen (secondary N) is 2. The molecule has 43 heavy (non-hydrogen) atoms. The van der Waals surface area contributed by atoms with Crippen molar-refractivity contribution >= 4 is 40.4 Å². The summed E-state index contributed by atoms with van der Waals surface area (Å²) in [4.78, 5) is 44.0. The Morgan fingerprint density at radius 1 is 0.977 bits per heavy atom. The average molecular weight is 609 g/mol. The molecular weight excluding hydrogens is 560 g/mol. The highest BCUT2D eigenvalue weighted by Crippen LogP contribution is 2.42. The quantitative estimate of drug-likeness (QED) is 0.252. The van der Waals surface area contributed by atoms with Gasteiger partial charge in [0.1, 0.15) is 5.75 Å². The normalized spacial score (nSPS) is 22.0. The summed E-state index contributed by atoms with van der Waals surface area (Å²) >= 11 is 1.85. The topological polar surface area (TPSA) is 106 Å². The maximum absolute atomic E-state index is 12.9. The Morgan fingerprint density at radius 2 is 1.63 bits per heavy atom. The van der Waals surface area contributed by atoms with Crippen molar-refractivity contribution in [2.24, 2.45) is 23.2 Å². The van der Waals surface area contributed by atoms with Gasteiger partial charge in [-0.05, 0) is 61.1 Å². The van der Waals surface area contributed by atoms with Crippen LogP contribution in [0.4, 0.5) is 0 Å². The van der Waals surface area contributed by atoms with Crippen LogP contribution in [0, 0.1) is 23.2 Å². The molecule has 2 fully saturated rings. The van der Waals surface area contributed by atoms with Gasteiger partial charge in [-0.15, -0.1) is 11.8 Å². The lowest BCUT2D eigenvalue weighted by Crippen LogP contribution is -2.51. The molecule has 0 spiro atoms. The Morgan fingerprint density at radius 3 is 2.23 bits per heavy atom. The monoisotopic (exact) mass is 608 g/mol. The van der Waals surface area contributed by atoms with E-state index in [1.807, 2.05) is 17.8 Å². The number of likely N-dealkylation sites (tertiary alicyclic amines) is 1. The summed E-state index contributed by atoms with van der Waals surface area (Å²) in [5.74, 6) is 0.656. The summed E-state index contributed by atoms with van der Waals surface area (Å²) in [7, 11) is 0. The number of H-pyrrole nitrogens is 1. The predicted molar refractivity (Wildman–Crippen MR) is 172 cm³/mol. The molecule has 9 heteroatoms. The number of benzene rings is 1. The average Bonchev–Trinajstić information content (AvgIpc) is 3.38. The molecule has 234 valence electrons. The van der Waals surface area contributed by atoms with Crippen molar-refractivity contribution in [1.29, 1.82) is 0 Å². The largest absolute Gasteiger partial charge is 0.508 e. The number of amides is 3. The van der Waals surface area contributed by atoms with E-state index in [1.54, 1.807) is 0 Å². The zero-order valence-corrected chi connectivity index (χ0v) is 27.4. The third-order valence-corrected chi connectivity index (χ3v) is 9.94. The first-order valence-electron chi connectivity index (χ1n) is 15.7. The molecule has 1 saturated heterocycles. The van der Waals surface area contributed by atoms with Gasteiger partial charge < -0.3 is 15.4 Å². The van der Waals surface area contributed by atoms with Gasteiger partial charge in [0, 0.05) is 72.4 Å². The van der Waals surface area contributed by atoms with Crippen LogP contribution in [0.3, 0.4) is 0 Å². The summed E-state index contributed by atoms with van der Waals surface area (Å²) in [5, 5.41) is 16.5. The Balaban J connectivity index is 1.12. The van der Waals surface area contributed by atoms with E-state index in [0.29, 0.717) is 31.3 Å². The zero-order chi connectivity index (χ0) is 31.1. The fourth-order valence-electron chi connectivity index (χ4n) is 6.63. The molecule has 8 nitrogen and oxygen atoms in total. The summed E-state index contributed by atoms with van der Waals surface area (Å²) in [6.45, 7) is 17.0. The lowest BCUT2D eigenvalue weighted by atomic mass is 9.81. The number of rotatable bonds is 9. The van der Waals surface area contributed by atoms with Crippen molar-refractivity contribution in [2.75, 3.05) is 26.2 Å².